The molecule has 0 amide bonds. The van der Waals surface area contributed by atoms with E-state index in [1.807, 2.05) is 6.07 Å². The third kappa shape index (κ3) is 4.11. The molecule has 0 bridgehead atoms. The first-order valence-electron chi connectivity index (χ1n) is 9.55. The van der Waals surface area contributed by atoms with E-state index in [1.165, 1.54) is 13.2 Å². The summed E-state index contributed by atoms with van der Waals surface area (Å²) >= 11 is 0. The molecule has 0 aliphatic rings. The molecule has 7 heteroatoms. The molecule has 3 aromatic heterocycles. The number of hydrogen-bond acceptors (Lipinski definition) is 6. The molecule has 6 nitrogen and oxygen atoms in total. The van der Waals surface area contributed by atoms with Crippen LogP contribution in [0.15, 0.2) is 73.2 Å². The van der Waals surface area contributed by atoms with Crippen molar-refractivity contribution >= 4 is 11.5 Å². The number of Topliss-reactive ketones (excluding diaryl/α,β-unsaturated/α-hetero) is 1. The zero-order chi connectivity index (χ0) is 21.8. The lowest BCUT2D eigenvalue weighted by atomic mass is 9.97. The molecule has 3 heterocycles. The van der Waals surface area contributed by atoms with Gasteiger partial charge in [-0.05, 0) is 53.6 Å². The average Bonchev–Trinajstić information content (AvgIpc) is 2.80. The van der Waals surface area contributed by atoms with E-state index in [2.05, 4.69) is 15.0 Å². The number of nitrogens with two attached hydrogens (primary N) is 1. The van der Waals surface area contributed by atoms with Crippen LogP contribution in [0.2, 0.25) is 0 Å². The molecule has 4 rings (SSSR count). The van der Waals surface area contributed by atoms with Crippen molar-refractivity contribution < 1.29 is 13.9 Å². The second-order valence-corrected chi connectivity index (χ2v) is 6.81. The van der Waals surface area contributed by atoms with Crippen LogP contribution in [0.5, 0.6) is 5.88 Å². The molecule has 0 saturated carbocycles. The van der Waals surface area contributed by atoms with Gasteiger partial charge in [0.15, 0.2) is 5.78 Å². The maximum absolute atomic E-state index is 14.2. The van der Waals surface area contributed by atoms with Gasteiger partial charge in [-0.25, -0.2) is 14.4 Å². The third-order valence-electron chi connectivity index (χ3n) is 4.85. The molecule has 0 atom stereocenters. The maximum Gasteiger partial charge on any atom is 0.221 e. The summed E-state index contributed by atoms with van der Waals surface area (Å²) in [6.45, 7) is 0. The van der Waals surface area contributed by atoms with E-state index in [0.717, 1.165) is 11.1 Å². The topological polar surface area (TPSA) is 91.0 Å². The highest BCUT2D eigenvalue weighted by atomic mass is 19.1. The number of hydrogen-bond donors (Lipinski definition) is 1. The molecular weight excluding hydrogens is 395 g/mol. The van der Waals surface area contributed by atoms with Gasteiger partial charge in [-0.3, -0.25) is 9.78 Å². The minimum atomic E-state index is -0.420. The summed E-state index contributed by atoms with van der Waals surface area (Å²) in [6.07, 6.45) is 4.91. The number of pyridine rings is 3. The maximum atomic E-state index is 14.2. The summed E-state index contributed by atoms with van der Waals surface area (Å²) in [4.78, 5) is 25.9. The molecule has 0 saturated heterocycles. The minimum Gasteiger partial charge on any atom is -0.481 e. The van der Waals surface area contributed by atoms with Gasteiger partial charge in [0.05, 0.1) is 18.5 Å². The van der Waals surface area contributed by atoms with Crippen LogP contribution in [0.25, 0.3) is 22.4 Å². The van der Waals surface area contributed by atoms with Crippen LogP contribution in [-0.2, 0) is 6.42 Å². The van der Waals surface area contributed by atoms with Gasteiger partial charge in [-0.2, -0.15) is 0 Å². The SMILES string of the molecule is COc1ncccc1-c1ccncc1CC(=O)c1nc(-c2ccccc2F)ccc1N. The van der Waals surface area contributed by atoms with Crippen molar-refractivity contribution in [2.75, 3.05) is 12.8 Å². The summed E-state index contributed by atoms with van der Waals surface area (Å²) in [6, 6.07) is 14.9. The Labute approximate surface area is 178 Å². The molecule has 4 aromatic rings. The molecule has 0 aliphatic heterocycles. The molecule has 31 heavy (non-hydrogen) atoms. The molecule has 1 aromatic carbocycles. The highest BCUT2D eigenvalue weighted by Crippen LogP contribution is 2.31. The smallest absolute Gasteiger partial charge is 0.221 e. The van der Waals surface area contributed by atoms with Gasteiger partial charge in [0.1, 0.15) is 11.5 Å². The van der Waals surface area contributed by atoms with Crippen LogP contribution in [-0.4, -0.2) is 27.8 Å². The zero-order valence-electron chi connectivity index (χ0n) is 16.7. The number of ketones is 1. The van der Waals surface area contributed by atoms with E-state index >= 15 is 0 Å². The average molecular weight is 414 g/mol. The number of rotatable bonds is 6. The second-order valence-electron chi connectivity index (χ2n) is 6.81. The lowest BCUT2D eigenvalue weighted by molar-refractivity contribution is 0.0989. The lowest BCUT2D eigenvalue weighted by Gasteiger charge is -2.12. The van der Waals surface area contributed by atoms with Crippen LogP contribution >= 0.6 is 0 Å². The van der Waals surface area contributed by atoms with Crippen molar-refractivity contribution in [2.24, 2.45) is 0 Å². The van der Waals surface area contributed by atoms with E-state index < -0.39 is 5.82 Å². The summed E-state index contributed by atoms with van der Waals surface area (Å²) in [7, 11) is 1.54. The monoisotopic (exact) mass is 414 g/mol. The Morgan fingerprint density at radius 2 is 1.81 bits per heavy atom. The Hall–Kier alpha value is -4.13. The number of aromatic nitrogens is 3. The molecule has 0 fully saturated rings. The molecular formula is C24H19FN4O2. The van der Waals surface area contributed by atoms with E-state index in [9.17, 15) is 9.18 Å². The van der Waals surface area contributed by atoms with Gasteiger partial charge >= 0.3 is 0 Å². The Kier molecular flexibility index (Phi) is 5.66. The van der Waals surface area contributed by atoms with Crippen LogP contribution in [0.4, 0.5) is 10.1 Å². The first kappa shape index (κ1) is 20.2. The number of halogens is 1. The first-order chi connectivity index (χ1) is 15.1. The fraction of sp³-hybridized carbons (Fsp3) is 0.0833. The number of nitrogens with zero attached hydrogens (tertiary/aromatic N) is 3. The Bertz CT molecular complexity index is 1260. The molecule has 0 unspecified atom stereocenters. The minimum absolute atomic E-state index is 0.0130. The predicted molar refractivity (Wildman–Crippen MR) is 116 cm³/mol. The number of carbonyl (C=O) groups is 1. The Morgan fingerprint density at radius 1 is 1.00 bits per heavy atom. The van der Waals surface area contributed by atoms with Crippen molar-refractivity contribution in [2.45, 2.75) is 6.42 Å². The standard InChI is InChI=1S/C24H19FN4O2/c1-31-24-17(6-4-11-28-24)16-10-12-27-14-15(16)13-22(30)23-20(26)8-9-21(29-23)18-5-2-3-7-19(18)25/h2-12,14H,13,26H2,1H3. The summed E-state index contributed by atoms with van der Waals surface area (Å²) < 4.78 is 19.5. The normalized spacial score (nSPS) is 10.6. The largest absolute Gasteiger partial charge is 0.481 e. The third-order valence-corrected chi connectivity index (χ3v) is 4.85. The number of ether oxygens (including phenoxy) is 1. The van der Waals surface area contributed by atoms with Crippen molar-refractivity contribution in [3.63, 3.8) is 0 Å². The first-order valence-corrected chi connectivity index (χ1v) is 9.55. The number of anilines is 1. The second kappa shape index (κ2) is 8.71. The highest BCUT2D eigenvalue weighted by molar-refractivity contribution is 6.01. The fourth-order valence-electron chi connectivity index (χ4n) is 3.36. The van der Waals surface area contributed by atoms with Crippen molar-refractivity contribution in [1.82, 2.24) is 15.0 Å². The van der Waals surface area contributed by atoms with Gasteiger partial charge in [-0.15, -0.1) is 0 Å². The van der Waals surface area contributed by atoms with E-state index in [0.29, 0.717) is 22.7 Å². The molecule has 0 radical (unpaired) electrons. The Morgan fingerprint density at radius 3 is 2.61 bits per heavy atom. The molecule has 154 valence electrons. The molecule has 0 spiro atoms. The number of carbonyl (C=O) groups excluding carboxylic acids is 1. The summed E-state index contributed by atoms with van der Waals surface area (Å²) in [5, 5.41) is 0. The van der Waals surface area contributed by atoms with Crippen molar-refractivity contribution in [1.29, 1.82) is 0 Å². The number of nitrogen functional groups attached to an aromatic ring is 1. The van der Waals surface area contributed by atoms with E-state index in [-0.39, 0.29) is 23.6 Å². The number of benzene rings is 1. The van der Waals surface area contributed by atoms with Crippen LogP contribution in [0, 0.1) is 5.82 Å². The van der Waals surface area contributed by atoms with Crippen LogP contribution < -0.4 is 10.5 Å². The van der Waals surface area contributed by atoms with Gasteiger partial charge < -0.3 is 10.5 Å². The summed E-state index contributed by atoms with van der Waals surface area (Å²) in [5.74, 6) is -0.272. The lowest BCUT2D eigenvalue weighted by Crippen LogP contribution is -2.11. The van der Waals surface area contributed by atoms with Crippen LogP contribution in [0.3, 0.4) is 0 Å². The Balaban J connectivity index is 1.70. The number of methoxy groups -OCH3 is 1. The van der Waals surface area contributed by atoms with E-state index in [4.69, 9.17) is 10.5 Å². The van der Waals surface area contributed by atoms with Gasteiger partial charge in [0.2, 0.25) is 5.88 Å². The van der Waals surface area contributed by atoms with Gasteiger partial charge in [-0.1, -0.05) is 12.1 Å². The quantitative estimate of drug-likeness (QED) is 0.472. The van der Waals surface area contributed by atoms with Crippen LogP contribution in [0.1, 0.15) is 16.1 Å². The highest BCUT2D eigenvalue weighted by Gasteiger charge is 2.19. The van der Waals surface area contributed by atoms with E-state index in [1.54, 1.807) is 61.1 Å². The molecule has 2 N–H and O–H groups in total. The fourth-order valence-corrected chi connectivity index (χ4v) is 3.36. The van der Waals surface area contributed by atoms with Crippen molar-refractivity contribution in [3.05, 3.63) is 90.3 Å². The summed E-state index contributed by atoms with van der Waals surface area (Å²) in [5.41, 5.74) is 9.20. The van der Waals surface area contributed by atoms with Gasteiger partial charge in [0, 0.05) is 36.1 Å². The van der Waals surface area contributed by atoms with Crippen molar-refractivity contribution in [3.8, 4) is 28.3 Å². The predicted octanol–water partition coefficient (Wildman–Crippen LogP) is 4.36. The zero-order valence-corrected chi connectivity index (χ0v) is 16.7. The molecule has 0 aliphatic carbocycles. The van der Waals surface area contributed by atoms with Gasteiger partial charge in [0.25, 0.3) is 0 Å².